The summed E-state index contributed by atoms with van der Waals surface area (Å²) < 4.78 is 68.0. The highest BCUT2D eigenvalue weighted by Gasteiger charge is 2.30. The molecule has 534 valence electrons. The van der Waals surface area contributed by atoms with E-state index in [-0.39, 0.29) is 25.7 Å². The minimum atomic E-state index is -4.95. The van der Waals surface area contributed by atoms with Crippen LogP contribution in [0.4, 0.5) is 0 Å². The monoisotopic (exact) mass is 1320 g/mol. The van der Waals surface area contributed by atoms with Gasteiger partial charge >= 0.3 is 39.5 Å². The van der Waals surface area contributed by atoms with Crippen molar-refractivity contribution in [3.63, 3.8) is 0 Å². The molecule has 2 unspecified atom stereocenters. The van der Waals surface area contributed by atoms with Gasteiger partial charge in [-0.25, -0.2) is 9.13 Å². The normalized spacial score (nSPS) is 14.0. The maximum Gasteiger partial charge on any atom is 0.472 e. The average Bonchev–Trinajstić information content (AvgIpc) is 3.35. The lowest BCUT2D eigenvalue weighted by molar-refractivity contribution is -0.161. The van der Waals surface area contributed by atoms with Crippen molar-refractivity contribution < 1.29 is 80.2 Å². The van der Waals surface area contributed by atoms with E-state index in [4.69, 9.17) is 37.0 Å². The summed E-state index contributed by atoms with van der Waals surface area (Å²) >= 11 is 0. The molecule has 0 radical (unpaired) electrons. The van der Waals surface area contributed by atoms with Crippen molar-refractivity contribution in [1.29, 1.82) is 0 Å². The summed E-state index contributed by atoms with van der Waals surface area (Å²) in [7, 11) is -9.89. The molecule has 90 heavy (non-hydrogen) atoms. The van der Waals surface area contributed by atoms with Gasteiger partial charge in [-0.2, -0.15) is 0 Å². The molecule has 0 aromatic carbocycles. The SMILES string of the molecule is CCCCCCCCCCCCCCCCCCCCCCCCC(=O)O[C@H](COC(=O)CCCCCCCCCCCCCCCC)COP(=O)(O)OC[C@@H](O)COP(=O)(O)OC[C@@H](COC(=O)CCCCCCCCC)OC(=O)CCCCCCCCC. The Morgan fingerprint density at radius 1 is 0.267 bits per heavy atom. The molecule has 0 aliphatic heterocycles. The molecule has 0 aromatic rings. The summed E-state index contributed by atoms with van der Waals surface area (Å²) in [6.07, 6.45) is 54.6. The molecule has 19 heteroatoms. The van der Waals surface area contributed by atoms with Gasteiger partial charge in [-0.05, 0) is 25.7 Å². The Labute approximate surface area is 549 Å². The number of phosphoric acid groups is 2. The van der Waals surface area contributed by atoms with Crippen LogP contribution in [0.25, 0.3) is 0 Å². The number of hydrogen-bond acceptors (Lipinski definition) is 15. The molecule has 0 heterocycles. The second-order valence-corrected chi connectivity index (χ2v) is 28.5. The Hall–Kier alpha value is -1.94. The number of phosphoric ester groups is 2. The van der Waals surface area contributed by atoms with Crippen LogP contribution in [0.5, 0.6) is 0 Å². The topological polar surface area (TPSA) is 237 Å². The highest BCUT2D eigenvalue weighted by atomic mass is 31.2. The van der Waals surface area contributed by atoms with Gasteiger partial charge in [-0.15, -0.1) is 0 Å². The molecule has 3 N–H and O–H groups in total. The van der Waals surface area contributed by atoms with Crippen molar-refractivity contribution in [1.82, 2.24) is 0 Å². The van der Waals surface area contributed by atoms with E-state index < -0.39 is 97.5 Å². The number of ether oxygens (including phenoxy) is 4. The van der Waals surface area contributed by atoms with E-state index in [1.807, 2.05) is 0 Å². The van der Waals surface area contributed by atoms with Crippen LogP contribution in [0, 0.1) is 0 Å². The van der Waals surface area contributed by atoms with Gasteiger partial charge in [-0.1, -0.05) is 323 Å². The highest BCUT2D eigenvalue weighted by molar-refractivity contribution is 7.47. The maximum atomic E-state index is 13.0. The summed E-state index contributed by atoms with van der Waals surface area (Å²) in [5.74, 6) is -2.13. The molecule has 0 bridgehead atoms. The lowest BCUT2D eigenvalue weighted by Gasteiger charge is -2.21. The third kappa shape index (κ3) is 64.8. The van der Waals surface area contributed by atoms with Crippen LogP contribution in [0.2, 0.25) is 0 Å². The summed E-state index contributed by atoms with van der Waals surface area (Å²) in [6.45, 7) is 4.86. The number of carbonyl (C=O) groups is 4. The smallest absolute Gasteiger partial charge is 0.462 e. The van der Waals surface area contributed by atoms with Gasteiger partial charge in [0.25, 0.3) is 0 Å². The van der Waals surface area contributed by atoms with Gasteiger partial charge in [0.2, 0.25) is 0 Å². The number of carbonyl (C=O) groups excluding carboxylic acids is 4. The van der Waals surface area contributed by atoms with E-state index in [1.165, 1.54) is 180 Å². The molecule has 0 spiro atoms. The van der Waals surface area contributed by atoms with Crippen molar-refractivity contribution in [2.75, 3.05) is 39.6 Å². The first kappa shape index (κ1) is 88.1. The van der Waals surface area contributed by atoms with E-state index in [0.29, 0.717) is 25.7 Å². The Kier molecular flexibility index (Phi) is 64.3. The minimum absolute atomic E-state index is 0.104. The molecular formula is C71H138O17P2. The number of hydrogen-bond donors (Lipinski definition) is 3. The molecular weight excluding hydrogens is 1190 g/mol. The van der Waals surface area contributed by atoms with Crippen LogP contribution in [-0.4, -0.2) is 96.7 Å². The van der Waals surface area contributed by atoms with Crippen LogP contribution in [-0.2, 0) is 65.4 Å². The maximum absolute atomic E-state index is 13.0. The molecule has 0 rings (SSSR count). The fourth-order valence-electron chi connectivity index (χ4n) is 10.9. The van der Waals surface area contributed by atoms with Gasteiger partial charge in [0.05, 0.1) is 26.4 Å². The number of aliphatic hydroxyl groups excluding tert-OH is 1. The van der Waals surface area contributed by atoms with Crippen molar-refractivity contribution in [2.24, 2.45) is 0 Å². The second-order valence-electron chi connectivity index (χ2n) is 25.6. The van der Waals surface area contributed by atoms with Crippen LogP contribution in [0.15, 0.2) is 0 Å². The molecule has 0 aliphatic carbocycles. The lowest BCUT2D eigenvalue weighted by Crippen LogP contribution is -2.30. The molecule has 0 aromatic heterocycles. The first-order valence-corrected chi connectivity index (χ1v) is 40.3. The van der Waals surface area contributed by atoms with Gasteiger partial charge in [0.1, 0.15) is 19.3 Å². The second kappa shape index (κ2) is 65.7. The zero-order chi connectivity index (χ0) is 66.1. The molecule has 0 amide bonds. The summed E-state index contributed by atoms with van der Waals surface area (Å²) in [5, 5.41) is 10.5. The Balaban J connectivity index is 5.09. The first-order valence-electron chi connectivity index (χ1n) is 37.3. The van der Waals surface area contributed by atoms with Gasteiger partial charge < -0.3 is 33.8 Å². The van der Waals surface area contributed by atoms with E-state index in [9.17, 15) is 43.2 Å². The zero-order valence-electron chi connectivity index (χ0n) is 58.1. The standard InChI is InChI=1S/C71H138O17P2/c1-5-9-13-17-21-23-25-27-29-30-31-32-33-34-35-36-38-40-42-46-50-54-58-71(76)88-67(62-82-69(74)56-52-48-45-41-39-37-28-26-24-22-18-14-10-6-2)64-86-90(79,80)84-60-65(72)59-83-89(77,78)85-63-66(87-70(75)57-53-49-44-20-16-12-8-4)61-81-68(73)55-51-47-43-19-15-11-7-3/h65-67,72H,5-64H2,1-4H3,(H,77,78)(H,79,80)/t65-,66+,67+/m0/s1. The zero-order valence-corrected chi connectivity index (χ0v) is 59.9. The van der Waals surface area contributed by atoms with Crippen molar-refractivity contribution in [3.05, 3.63) is 0 Å². The van der Waals surface area contributed by atoms with E-state index in [2.05, 4.69) is 27.7 Å². The van der Waals surface area contributed by atoms with Crippen molar-refractivity contribution >= 4 is 39.5 Å². The third-order valence-corrected chi connectivity index (χ3v) is 18.5. The van der Waals surface area contributed by atoms with Crippen molar-refractivity contribution in [3.8, 4) is 0 Å². The predicted octanol–water partition coefficient (Wildman–Crippen LogP) is 20.7. The molecule has 17 nitrogen and oxygen atoms in total. The minimum Gasteiger partial charge on any atom is -0.462 e. The van der Waals surface area contributed by atoms with Gasteiger partial charge in [0.15, 0.2) is 12.2 Å². The number of unbranched alkanes of at least 4 members (excludes halogenated alkanes) is 46. The summed E-state index contributed by atoms with van der Waals surface area (Å²) in [6, 6.07) is 0. The first-order chi connectivity index (χ1) is 43.7. The van der Waals surface area contributed by atoms with Gasteiger partial charge in [-0.3, -0.25) is 37.3 Å². The number of esters is 4. The molecule has 0 aliphatic rings. The average molecular weight is 1330 g/mol. The van der Waals surface area contributed by atoms with Gasteiger partial charge in [0, 0.05) is 25.7 Å². The van der Waals surface area contributed by atoms with E-state index in [0.717, 1.165) is 116 Å². The highest BCUT2D eigenvalue weighted by Crippen LogP contribution is 2.45. The lowest BCUT2D eigenvalue weighted by atomic mass is 10.0. The van der Waals surface area contributed by atoms with Crippen molar-refractivity contribution in [2.45, 2.75) is 393 Å². The number of aliphatic hydroxyl groups is 1. The summed E-state index contributed by atoms with van der Waals surface area (Å²) in [5.41, 5.74) is 0. The Morgan fingerprint density at radius 2 is 0.444 bits per heavy atom. The van der Waals surface area contributed by atoms with E-state index in [1.54, 1.807) is 0 Å². The fraction of sp³-hybridized carbons (Fsp3) is 0.944. The van der Waals surface area contributed by atoms with Crippen LogP contribution in [0.3, 0.4) is 0 Å². The third-order valence-electron chi connectivity index (χ3n) is 16.6. The molecule has 0 saturated carbocycles. The largest absolute Gasteiger partial charge is 0.472 e. The van der Waals surface area contributed by atoms with E-state index >= 15 is 0 Å². The fourth-order valence-corrected chi connectivity index (χ4v) is 12.4. The van der Waals surface area contributed by atoms with Crippen LogP contribution in [0.1, 0.15) is 374 Å². The van der Waals surface area contributed by atoms with Crippen LogP contribution >= 0.6 is 15.6 Å². The summed E-state index contributed by atoms with van der Waals surface area (Å²) in [4.78, 5) is 72.2. The number of rotatable bonds is 72. The van der Waals surface area contributed by atoms with Crippen LogP contribution < -0.4 is 0 Å². The molecule has 0 fully saturated rings. The molecule has 5 atom stereocenters. The Morgan fingerprint density at radius 3 is 0.656 bits per heavy atom. The quantitative estimate of drug-likeness (QED) is 0.0222. The molecule has 0 saturated heterocycles. The Bertz CT molecular complexity index is 1720. The predicted molar refractivity (Wildman–Crippen MR) is 363 cm³/mol.